The molecule has 9 rings (SSSR count). The van der Waals surface area contributed by atoms with Crippen LogP contribution in [0.5, 0.6) is 0 Å². The van der Waals surface area contributed by atoms with Crippen LogP contribution in [0.25, 0.3) is 88.0 Å². The Morgan fingerprint density at radius 1 is 0.356 bits per heavy atom. The minimum absolute atomic E-state index is 0.0585. The molecule has 0 bridgehead atoms. The molecule has 0 atom stereocenters. The van der Waals surface area contributed by atoms with Crippen LogP contribution in [0.1, 0.15) is 12.3 Å². The third kappa shape index (κ3) is 4.17. The van der Waals surface area contributed by atoms with Crippen molar-refractivity contribution in [2.24, 2.45) is 0 Å². The van der Waals surface area contributed by atoms with E-state index in [-0.39, 0.29) is 22.7 Å². The van der Waals surface area contributed by atoms with Gasteiger partial charge in [0.15, 0.2) is 0 Å². The average Bonchev–Trinajstić information content (AvgIpc) is 3.57. The Bertz CT molecular complexity index is 2960. The van der Waals surface area contributed by atoms with Crippen molar-refractivity contribution in [1.82, 2.24) is 0 Å². The lowest BCUT2D eigenvalue weighted by Gasteiger charge is -2.19. The van der Waals surface area contributed by atoms with Gasteiger partial charge in [0.1, 0.15) is 11.2 Å². The molecule has 0 saturated heterocycles. The Morgan fingerprint density at radius 2 is 0.867 bits per heavy atom. The molecule has 1 heteroatoms. The van der Waals surface area contributed by atoms with Crippen LogP contribution >= 0.6 is 0 Å². The highest BCUT2D eigenvalue weighted by Gasteiger charge is 2.19. The van der Waals surface area contributed by atoms with Gasteiger partial charge in [0.25, 0.3) is 0 Å². The van der Waals surface area contributed by atoms with E-state index in [1.807, 2.05) is 84.9 Å². The fourth-order valence-corrected chi connectivity index (χ4v) is 6.51. The van der Waals surface area contributed by atoms with Crippen LogP contribution in [0.15, 0.2) is 174 Å². The summed E-state index contributed by atoms with van der Waals surface area (Å²) in [5, 5.41) is 4.88. The fraction of sp³-hybridized carbons (Fsp3) is 0. The molecule has 0 spiro atoms. The predicted octanol–water partition coefficient (Wildman–Crippen LogP) is 12.6. The zero-order chi connectivity index (χ0) is 37.6. The standard InChI is InChI=1S/C44H28O/c1-3-13-29(14-4-1)31-23-25-41-39(27-31)40-28-32(24-26-42(40)45-41)43-35-19-9-11-21-37(35)44(38-22-12-10-20-36(38)43)34-18-8-7-17-33(34)30-15-5-2-6-16-30/h1-28H/i2D,5D,6D,7D,8D,15D,16D,17D,18D. The van der Waals surface area contributed by atoms with Crippen LogP contribution < -0.4 is 0 Å². The van der Waals surface area contributed by atoms with Crippen molar-refractivity contribution in [2.75, 3.05) is 0 Å². The van der Waals surface area contributed by atoms with E-state index in [9.17, 15) is 1.37 Å². The lowest BCUT2D eigenvalue weighted by molar-refractivity contribution is 0.669. The smallest absolute Gasteiger partial charge is 0.135 e. The van der Waals surface area contributed by atoms with Gasteiger partial charge in [-0.25, -0.2) is 0 Å². The summed E-state index contributed by atoms with van der Waals surface area (Å²) in [4.78, 5) is 0. The summed E-state index contributed by atoms with van der Waals surface area (Å²) < 4.78 is 84.7. The first-order valence-corrected chi connectivity index (χ1v) is 14.7. The highest BCUT2D eigenvalue weighted by molar-refractivity contribution is 6.23. The molecule has 0 aliphatic rings. The van der Waals surface area contributed by atoms with Crippen LogP contribution in [-0.2, 0) is 0 Å². The van der Waals surface area contributed by atoms with E-state index in [0.717, 1.165) is 55.0 Å². The second-order valence-corrected chi connectivity index (χ2v) is 11.0. The van der Waals surface area contributed by atoms with Crippen molar-refractivity contribution >= 4 is 43.5 Å². The summed E-state index contributed by atoms with van der Waals surface area (Å²) in [7, 11) is 0. The third-order valence-corrected chi connectivity index (χ3v) is 8.48. The molecule has 1 nitrogen and oxygen atoms in total. The topological polar surface area (TPSA) is 13.1 Å². The maximum Gasteiger partial charge on any atom is 0.135 e. The first kappa shape index (κ1) is 18.0. The summed E-state index contributed by atoms with van der Waals surface area (Å²) in [6.45, 7) is 0. The van der Waals surface area contributed by atoms with Gasteiger partial charge >= 0.3 is 0 Å². The van der Waals surface area contributed by atoms with Crippen LogP contribution in [0.3, 0.4) is 0 Å². The van der Waals surface area contributed by atoms with Crippen molar-refractivity contribution in [3.05, 3.63) is 170 Å². The summed E-state index contributed by atoms with van der Waals surface area (Å²) in [6, 6.07) is 33.0. The van der Waals surface area contributed by atoms with Crippen molar-refractivity contribution < 1.29 is 16.8 Å². The van der Waals surface area contributed by atoms with E-state index in [0.29, 0.717) is 16.3 Å². The van der Waals surface area contributed by atoms with Crippen molar-refractivity contribution in [3.8, 4) is 44.5 Å². The lowest BCUT2D eigenvalue weighted by Crippen LogP contribution is -1.92. The second-order valence-electron chi connectivity index (χ2n) is 11.0. The van der Waals surface area contributed by atoms with E-state index in [2.05, 4.69) is 30.3 Å². The molecule has 8 aromatic carbocycles. The lowest BCUT2D eigenvalue weighted by atomic mass is 9.83. The zero-order valence-electron chi connectivity index (χ0n) is 32.9. The average molecular weight is 582 g/mol. The van der Waals surface area contributed by atoms with Gasteiger partial charge in [-0.3, -0.25) is 0 Å². The monoisotopic (exact) mass is 581 g/mol. The molecule has 0 radical (unpaired) electrons. The molecule has 9 aromatic rings. The van der Waals surface area contributed by atoms with Gasteiger partial charge in [-0.1, -0.05) is 145 Å². The van der Waals surface area contributed by atoms with Crippen LogP contribution in [-0.4, -0.2) is 0 Å². The molecule has 0 aliphatic carbocycles. The SMILES string of the molecule is [2H]c1c([2H])c([2H])c(-c2c([2H])c([2H])c([2H])c([2H])c2-c2c3ccccc3c(-c3ccc4oc5ccc(-c6ccccc6)cc5c4c3)c3ccccc23)c([2H])c1[2H]. The molecular formula is C44H28O. The van der Waals surface area contributed by atoms with Crippen LogP contribution in [0.2, 0.25) is 0 Å². The molecule has 0 N–H and O–H groups in total. The Morgan fingerprint density at radius 3 is 1.51 bits per heavy atom. The molecule has 0 saturated carbocycles. The maximum absolute atomic E-state index is 9.29. The van der Waals surface area contributed by atoms with Gasteiger partial charge < -0.3 is 4.42 Å². The fourth-order valence-electron chi connectivity index (χ4n) is 6.51. The third-order valence-electron chi connectivity index (χ3n) is 8.48. The van der Waals surface area contributed by atoms with Gasteiger partial charge in [0, 0.05) is 10.8 Å². The van der Waals surface area contributed by atoms with E-state index in [4.69, 9.17) is 15.4 Å². The number of benzene rings is 8. The van der Waals surface area contributed by atoms with Crippen LogP contribution in [0, 0.1) is 0 Å². The highest BCUT2D eigenvalue weighted by Crippen LogP contribution is 2.46. The zero-order valence-corrected chi connectivity index (χ0v) is 23.9. The minimum Gasteiger partial charge on any atom is -0.456 e. The molecule has 0 aliphatic heterocycles. The Balaban J connectivity index is 1.38. The quantitative estimate of drug-likeness (QED) is 0.188. The normalized spacial score (nSPS) is 14.4. The summed E-state index contributed by atoms with van der Waals surface area (Å²) >= 11 is 0. The summed E-state index contributed by atoms with van der Waals surface area (Å²) in [5.74, 6) is 0. The van der Waals surface area contributed by atoms with E-state index >= 15 is 0 Å². The van der Waals surface area contributed by atoms with Gasteiger partial charge in [0.2, 0.25) is 0 Å². The number of rotatable bonds is 4. The van der Waals surface area contributed by atoms with E-state index in [1.165, 1.54) is 0 Å². The second kappa shape index (κ2) is 10.4. The summed E-state index contributed by atoms with van der Waals surface area (Å²) in [5.41, 5.74) is 5.59. The molecule has 0 fully saturated rings. The molecule has 210 valence electrons. The predicted molar refractivity (Wildman–Crippen MR) is 190 cm³/mol. The summed E-state index contributed by atoms with van der Waals surface area (Å²) in [6.07, 6.45) is 0. The van der Waals surface area contributed by atoms with E-state index in [1.54, 1.807) is 0 Å². The molecule has 1 aromatic heterocycles. The minimum atomic E-state index is -0.590. The van der Waals surface area contributed by atoms with E-state index < -0.39 is 48.3 Å². The highest BCUT2D eigenvalue weighted by atomic mass is 16.3. The van der Waals surface area contributed by atoms with Gasteiger partial charge in [-0.05, 0) is 90.3 Å². The van der Waals surface area contributed by atoms with Crippen molar-refractivity contribution in [2.45, 2.75) is 0 Å². The maximum atomic E-state index is 9.29. The van der Waals surface area contributed by atoms with Crippen molar-refractivity contribution in [3.63, 3.8) is 0 Å². The number of furan rings is 1. The molecular weight excluding hydrogens is 544 g/mol. The molecule has 1 heterocycles. The Kier molecular flexibility index (Phi) is 4.15. The number of hydrogen-bond acceptors (Lipinski definition) is 1. The van der Waals surface area contributed by atoms with Gasteiger partial charge in [-0.2, -0.15) is 0 Å². The number of fused-ring (bicyclic) bond motifs is 5. The molecule has 0 unspecified atom stereocenters. The van der Waals surface area contributed by atoms with Gasteiger partial charge in [0.05, 0.1) is 12.3 Å². The Labute approximate surface area is 274 Å². The van der Waals surface area contributed by atoms with Crippen LogP contribution in [0.4, 0.5) is 0 Å². The molecule has 0 amide bonds. The first-order valence-electron chi connectivity index (χ1n) is 19.2. The van der Waals surface area contributed by atoms with Crippen molar-refractivity contribution in [1.29, 1.82) is 0 Å². The molecule has 45 heavy (non-hydrogen) atoms. The largest absolute Gasteiger partial charge is 0.456 e. The number of hydrogen-bond donors (Lipinski definition) is 0. The first-order chi connectivity index (χ1) is 26.1. The van der Waals surface area contributed by atoms with Gasteiger partial charge in [-0.15, -0.1) is 0 Å². The Hall–Kier alpha value is -5.92.